The van der Waals surface area contributed by atoms with Gasteiger partial charge in [0.05, 0.1) is 7.11 Å². The third kappa shape index (κ3) is 3.32. The minimum absolute atomic E-state index is 0.168. The van der Waals surface area contributed by atoms with E-state index in [1.165, 1.54) is 13.3 Å². The van der Waals surface area contributed by atoms with Crippen molar-refractivity contribution in [3.63, 3.8) is 0 Å². The zero-order valence-corrected chi connectivity index (χ0v) is 10.1. The number of pyridine rings is 1. The molecule has 0 aromatic carbocycles. The van der Waals surface area contributed by atoms with Crippen molar-refractivity contribution in [2.75, 3.05) is 7.11 Å². The van der Waals surface area contributed by atoms with Crippen LogP contribution in [0.4, 0.5) is 13.2 Å². The summed E-state index contributed by atoms with van der Waals surface area (Å²) in [5, 5.41) is 0.219. The number of carbonyl (C=O) groups is 1. The maximum absolute atomic E-state index is 12.2. The number of aromatic nitrogens is 1. The molecule has 0 atom stereocenters. The van der Waals surface area contributed by atoms with Crippen molar-refractivity contribution in [2.24, 2.45) is 0 Å². The van der Waals surface area contributed by atoms with Gasteiger partial charge >= 0.3 is 6.36 Å². The van der Waals surface area contributed by atoms with E-state index < -0.39 is 17.8 Å². The molecule has 1 rings (SSSR count). The van der Waals surface area contributed by atoms with Gasteiger partial charge in [-0.05, 0) is 0 Å². The largest absolute Gasteiger partial charge is 0.573 e. The van der Waals surface area contributed by atoms with Crippen LogP contribution >= 0.6 is 15.9 Å². The third-order valence-electron chi connectivity index (χ3n) is 1.77. The second kappa shape index (κ2) is 5.35. The molecule has 1 aromatic rings. The molecule has 0 aliphatic heterocycles. The zero-order valence-electron chi connectivity index (χ0n) is 8.55. The molecular weight excluding hydrogens is 307 g/mol. The summed E-state index contributed by atoms with van der Waals surface area (Å²) in [7, 11) is 1.18. The number of alkyl halides is 4. The minimum Gasteiger partial charge on any atom is -0.492 e. The van der Waals surface area contributed by atoms with E-state index in [4.69, 9.17) is 4.74 Å². The highest BCUT2D eigenvalue weighted by Gasteiger charge is 2.34. The molecule has 0 fully saturated rings. The fraction of sp³-hybridized carbons (Fsp3) is 0.333. The lowest BCUT2D eigenvalue weighted by molar-refractivity contribution is -0.275. The molecule has 0 saturated heterocycles. The highest BCUT2D eigenvalue weighted by Crippen LogP contribution is 2.37. The molecule has 94 valence electrons. The predicted octanol–water partition coefficient (Wildman–Crippen LogP) is 2.70. The molecule has 0 N–H and O–H groups in total. The number of rotatable bonds is 4. The van der Waals surface area contributed by atoms with Crippen LogP contribution in [0, 0.1) is 0 Å². The van der Waals surface area contributed by atoms with E-state index in [-0.39, 0.29) is 17.4 Å². The Bertz CT molecular complexity index is 423. The Kier molecular flexibility index (Phi) is 4.33. The number of nitrogens with zero attached hydrogens (tertiary/aromatic N) is 1. The van der Waals surface area contributed by atoms with Gasteiger partial charge in [0.25, 0.3) is 0 Å². The molecule has 4 nitrogen and oxygen atoms in total. The SMILES string of the molecule is COc1c(CBr)cnc(C=O)c1OC(F)(F)F. The van der Waals surface area contributed by atoms with Gasteiger partial charge in [-0.1, -0.05) is 15.9 Å². The molecule has 1 heterocycles. The second-order valence-corrected chi connectivity index (χ2v) is 3.39. The van der Waals surface area contributed by atoms with E-state index in [1.54, 1.807) is 0 Å². The van der Waals surface area contributed by atoms with Crippen molar-refractivity contribution in [3.05, 3.63) is 17.5 Å². The highest BCUT2D eigenvalue weighted by atomic mass is 79.9. The lowest BCUT2D eigenvalue weighted by Crippen LogP contribution is -2.19. The van der Waals surface area contributed by atoms with Gasteiger partial charge in [0, 0.05) is 17.1 Å². The van der Waals surface area contributed by atoms with Crippen molar-refractivity contribution in [1.29, 1.82) is 0 Å². The molecule has 0 aliphatic carbocycles. The highest BCUT2D eigenvalue weighted by molar-refractivity contribution is 9.08. The summed E-state index contributed by atoms with van der Waals surface area (Å²) in [5.74, 6) is -0.900. The standard InChI is InChI=1S/C9H7BrF3NO3/c1-16-7-5(2-10)3-14-6(4-15)8(7)17-9(11,12)13/h3-4H,2H2,1H3. The quantitative estimate of drug-likeness (QED) is 0.633. The average molecular weight is 314 g/mol. The summed E-state index contributed by atoms with van der Waals surface area (Å²) in [5.41, 5.74) is -0.124. The summed E-state index contributed by atoms with van der Waals surface area (Å²) in [6.45, 7) is 0. The summed E-state index contributed by atoms with van der Waals surface area (Å²) in [6.07, 6.45) is -3.51. The first-order chi connectivity index (χ1) is 7.92. The van der Waals surface area contributed by atoms with Crippen LogP contribution in [-0.4, -0.2) is 24.7 Å². The Labute approximate surface area is 103 Å². The van der Waals surface area contributed by atoms with Crippen LogP contribution in [0.25, 0.3) is 0 Å². The Hall–Kier alpha value is -1.31. The first kappa shape index (κ1) is 13.8. The Morgan fingerprint density at radius 2 is 2.12 bits per heavy atom. The van der Waals surface area contributed by atoms with Gasteiger partial charge in [0.1, 0.15) is 5.69 Å². The molecule has 0 amide bonds. The molecule has 1 aromatic heterocycles. The van der Waals surface area contributed by atoms with E-state index in [0.717, 1.165) is 0 Å². The van der Waals surface area contributed by atoms with Gasteiger partial charge in [-0.15, -0.1) is 13.2 Å². The fourth-order valence-corrected chi connectivity index (χ4v) is 1.54. The summed E-state index contributed by atoms with van der Waals surface area (Å²) >= 11 is 3.06. The average Bonchev–Trinajstić information content (AvgIpc) is 2.26. The van der Waals surface area contributed by atoms with Crippen LogP contribution in [0.1, 0.15) is 16.1 Å². The Morgan fingerprint density at radius 1 is 1.47 bits per heavy atom. The summed E-state index contributed by atoms with van der Waals surface area (Å²) < 4.78 is 45.1. The number of hydrogen-bond acceptors (Lipinski definition) is 4. The zero-order chi connectivity index (χ0) is 13.1. The van der Waals surface area contributed by atoms with Crippen molar-refractivity contribution >= 4 is 22.2 Å². The molecule has 0 unspecified atom stereocenters. The predicted molar refractivity (Wildman–Crippen MR) is 55.5 cm³/mol. The topological polar surface area (TPSA) is 48.4 Å². The van der Waals surface area contributed by atoms with Gasteiger partial charge in [-0.2, -0.15) is 0 Å². The molecule has 0 radical (unpaired) electrons. The number of hydrogen-bond donors (Lipinski definition) is 0. The van der Waals surface area contributed by atoms with E-state index in [1.807, 2.05) is 0 Å². The molecule has 17 heavy (non-hydrogen) atoms. The molecular formula is C9H7BrF3NO3. The third-order valence-corrected chi connectivity index (χ3v) is 2.37. The van der Waals surface area contributed by atoms with E-state index in [9.17, 15) is 18.0 Å². The molecule has 8 heteroatoms. The fourth-order valence-electron chi connectivity index (χ4n) is 1.14. The number of halogens is 4. The van der Waals surface area contributed by atoms with E-state index in [0.29, 0.717) is 5.56 Å². The molecule has 0 bridgehead atoms. The van der Waals surface area contributed by atoms with E-state index in [2.05, 4.69) is 25.7 Å². The number of carbonyl (C=O) groups excluding carboxylic acids is 1. The van der Waals surface area contributed by atoms with Crippen LogP contribution in [0.3, 0.4) is 0 Å². The van der Waals surface area contributed by atoms with Crippen molar-refractivity contribution in [1.82, 2.24) is 4.98 Å². The second-order valence-electron chi connectivity index (χ2n) is 2.83. The lowest BCUT2D eigenvalue weighted by Gasteiger charge is -2.15. The van der Waals surface area contributed by atoms with Gasteiger partial charge < -0.3 is 9.47 Å². The number of methoxy groups -OCH3 is 1. The van der Waals surface area contributed by atoms with Crippen LogP contribution in [0.15, 0.2) is 6.20 Å². The van der Waals surface area contributed by atoms with Crippen LogP contribution < -0.4 is 9.47 Å². The smallest absolute Gasteiger partial charge is 0.492 e. The number of ether oxygens (including phenoxy) is 2. The summed E-state index contributed by atoms with van der Waals surface area (Å²) in [4.78, 5) is 14.2. The van der Waals surface area contributed by atoms with Crippen molar-refractivity contribution in [3.8, 4) is 11.5 Å². The Morgan fingerprint density at radius 3 is 2.53 bits per heavy atom. The lowest BCUT2D eigenvalue weighted by atomic mass is 10.2. The first-order valence-corrected chi connectivity index (χ1v) is 5.37. The van der Waals surface area contributed by atoms with Gasteiger partial charge in [-0.25, -0.2) is 4.98 Å². The molecule has 0 saturated carbocycles. The first-order valence-electron chi connectivity index (χ1n) is 4.25. The van der Waals surface area contributed by atoms with Crippen LogP contribution in [-0.2, 0) is 5.33 Å². The summed E-state index contributed by atoms with van der Waals surface area (Å²) in [6, 6.07) is 0. The van der Waals surface area contributed by atoms with Gasteiger partial charge in [0.15, 0.2) is 12.0 Å². The molecule has 0 aliphatic rings. The maximum Gasteiger partial charge on any atom is 0.573 e. The maximum atomic E-state index is 12.2. The number of aldehydes is 1. The van der Waals surface area contributed by atoms with Gasteiger partial charge in [-0.3, -0.25) is 4.79 Å². The molecule has 0 spiro atoms. The van der Waals surface area contributed by atoms with Crippen molar-refractivity contribution in [2.45, 2.75) is 11.7 Å². The monoisotopic (exact) mass is 313 g/mol. The normalized spacial score (nSPS) is 11.1. The van der Waals surface area contributed by atoms with Crippen LogP contribution in [0.2, 0.25) is 0 Å². The minimum atomic E-state index is -4.92. The van der Waals surface area contributed by atoms with Crippen LogP contribution in [0.5, 0.6) is 11.5 Å². The van der Waals surface area contributed by atoms with Crippen molar-refractivity contribution < 1.29 is 27.4 Å². The van der Waals surface area contributed by atoms with E-state index >= 15 is 0 Å². The Balaban J connectivity index is 3.35. The van der Waals surface area contributed by atoms with Gasteiger partial charge in [0.2, 0.25) is 5.75 Å².